The second-order valence-electron chi connectivity index (χ2n) is 6.78. The van der Waals surface area contributed by atoms with Gasteiger partial charge >= 0.3 is 0 Å². The molecule has 0 saturated carbocycles. The van der Waals surface area contributed by atoms with Crippen LogP contribution < -0.4 is 5.32 Å². The van der Waals surface area contributed by atoms with E-state index in [9.17, 15) is 10.1 Å². The number of carbonyl (C=O) groups excluding carboxylic acids is 1. The largest absolute Gasteiger partial charge is 0.316 e. The standard InChI is InChI=1S/C21H21N5OS2/c1-2-26-19(14-8-4-3-5-9-14)24-25-21(26)28-13-18(27)23-20-16(12-22)15-10-6-7-11-17(15)29-20/h3-5,8-9H,2,6-7,10-11,13H2,1H3,(H,23,27). The van der Waals surface area contributed by atoms with Crippen LogP contribution in [-0.2, 0) is 24.2 Å². The molecule has 4 rings (SSSR count). The maximum atomic E-state index is 12.6. The van der Waals surface area contributed by atoms with Crippen molar-refractivity contribution in [3.8, 4) is 17.5 Å². The van der Waals surface area contributed by atoms with E-state index in [1.54, 1.807) is 11.3 Å². The Balaban J connectivity index is 1.45. The molecule has 0 atom stereocenters. The summed E-state index contributed by atoms with van der Waals surface area (Å²) in [6, 6.07) is 12.2. The molecular weight excluding hydrogens is 402 g/mol. The van der Waals surface area contributed by atoms with E-state index in [1.807, 2.05) is 41.8 Å². The van der Waals surface area contributed by atoms with Crippen LogP contribution in [0.4, 0.5) is 5.00 Å². The van der Waals surface area contributed by atoms with Crippen molar-refractivity contribution in [2.45, 2.75) is 44.3 Å². The fourth-order valence-corrected chi connectivity index (χ4v) is 5.60. The molecule has 0 aliphatic heterocycles. The zero-order chi connectivity index (χ0) is 20.2. The minimum absolute atomic E-state index is 0.128. The van der Waals surface area contributed by atoms with Crippen molar-refractivity contribution in [3.63, 3.8) is 0 Å². The molecule has 0 fully saturated rings. The molecule has 148 valence electrons. The van der Waals surface area contributed by atoms with Gasteiger partial charge in [-0.15, -0.1) is 21.5 Å². The molecule has 0 radical (unpaired) electrons. The third-order valence-electron chi connectivity index (χ3n) is 4.93. The van der Waals surface area contributed by atoms with Crippen LogP contribution in [0, 0.1) is 11.3 Å². The molecule has 0 spiro atoms. The number of aryl methyl sites for hydroxylation is 1. The number of rotatable bonds is 6. The van der Waals surface area contributed by atoms with Crippen molar-refractivity contribution < 1.29 is 4.79 Å². The Kier molecular flexibility index (Phi) is 5.97. The number of thiophene rings is 1. The number of aromatic nitrogens is 3. The third-order valence-corrected chi connectivity index (χ3v) is 7.11. The Bertz CT molecular complexity index is 1060. The minimum atomic E-state index is -0.128. The summed E-state index contributed by atoms with van der Waals surface area (Å²) in [6.07, 6.45) is 4.19. The summed E-state index contributed by atoms with van der Waals surface area (Å²) >= 11 is 2.91. The first-order valence-corrected chi connectivity index (χ1v) is 11.5. The van der Waals surface area contributed by atoms with E-state index >= 15 is 0 Å². The van der Waals surface area contributed by atoms with Gasteiger partial charge in [0.1, 0.15) is 11.1 Å². The number of thioether (sulfide) groups is 1. The first kappa shape index (κ1) is 19.7. The Morgan fingerprint density at radius 3 is 2.83 bits per heavy atom. The van der Waals surface area contributed by atoms with Crippen molar-refractivity contribution >= 4 is 34.0 Å². The topological polar surface area (TPSA) is 83.6 Å². The van der Waals surface area contributed by atoms with Crippen LogP contribution in [0.2, 0.25) is 0 Å². The number of benzene rings is 1. The van der Waals surface area contributed by atoms with Gasteiger partial charge < -0.3 is 9.88 Å². The lowest BCUT2D eigenvalue weighted by Gasteiger charge is -2.09. The number of nitrogens with one attached hydrogen (secondary N) is 1. The maximum absolute atomic E-state index is 12.6. The molecule has 1 amide bonds. The number of hydrogen-bond acceptors (Lipinski definition) is 6. The highest BCUT2D eigenvalue weighted by molar-refractivity contribution is 7.99. The highest BCUT2D eigenvalue weighted by Gasteiger charge is 2.22. The average Bonchev–Trinajstić information content (AvgIpc) is 3.33. The second-order valence-corrected chi connectivity index (χ2v) is 8.83. The van der Waals surface area contributed by atoms with Gasteiger partial charge in [0.25, 0.3) is 0 Å². The van der Waals surface area contributed by atoms with Crippen LogP contribution in [0.3, 0.4) is 0 Å². The Labute approximate surface area is 178 Å². The van der Waals surface area contributed by atoms with Crippen LogP contribution in [-0.4, -0.2) is 26.4 Å². The van der Waals surface area contributed by atoms with Gasteiger partial charge in [0.15, 0.2) is 11.0 Å². The number of fused-ring (bicyclic) bond motifs is 1. The van der Waals surface area contributed by atoms with Gasteiger partial charge in [0, 0.05) is 17.0 Å². The molecule has 1 aliphatic rings. The highest BCUT2D eigenvalue weighted by atomic mass is 32.2. The van der Waals surface area contributed by atoms with E-state index in [0.29, 0.717) is 15.7 Å². The van der Waals surface area contributed by atoms with Crippen molar-refractivity contribution in [3.05, 3.63) is 46.3 Å². The number of nitriles is 1. The number of anilines is 1. The zero-order valence-electron chi connectivity index (χ0n) is 16.1. The summed E-state index contributed by atoms with van der Waals surface area (Å²) < 4.78 is 2.01. The molecule has 1 aromatic carbocycles. The first-order valence-electron chi connectivity index (χ1n) is 9.67. The van der Waals surface area contributed by atoms with Gasteiger partial charge in [-0.25, -0.2) is 0 Å². The summed E-state index contributed by atoms with van der Waals surface area (Å²) in [5, 5.41) is 22.5. The van der Waals surface area contributed by atoms with E-state index in [0.717, 1.165) is 49.2 Å². The summed E-state index contributed by atoms with van der Waals surface area (Å²) in [5.74, 6) is 0.895. The van der Waals surface area contributed by atoms with Crippen LogP contribution >= 0.6 is 23.1 Å². The minimum Gasteiger partial charge on any atom is -0.316 e. The fraction of sp³-hybridized carbons (Fsp3) is 0.333. The molecule has 2 heterocycles. The van der Waals surface area contributed by atoms with Gasteiger partial charge in [-0.1, -0.05) is 42.1 Å². The van der Waals surface area contributed by atoms with Crippen LogP contribution in [0.15, 0.2) is 35.5 Å². The number of hydrogen-bond donors (Lipinski definition) is 1. The van der Waals surface area contributed by atoms with E-state index in [2.05, 4.69) is 21.6 Å². The molecule has 3 aromatic rings. The highest BCUT2D eigenvalue weighted by Crippen LogP contribution is 2.37. The van der Waals surface area contributed by atoms with Crippen molar-refractivity contribution in [1.82, 2.24) is 14.8 Å². The van der Waals surface area contributed by atoms with Gasteiger partial charge in [-0.3, -0.25) is 4.79 Å². The monoisotopic (exact) mass is 423 g/mol. The fourth-order valence-electron chi connectivity index (χ4n) is 3.55. The number of nitrogens with zero attached hydrogens (tertiary/aromatic N) is 4. The van der Waals surface area contributed by atoms with Gasteiger partial charge in [0.05, 0.1) is 11.3 Å². The molecule has 1 N–H and O–H groups in total. The average molecular weight is 424 g/mol. The second kappa shape index (κ2) is 8.80. The van der Waals surface area contributed by atoms with Crippen LogP contribution in [0.5, 0.6) is 0 Å². The van der Waals surface area contributed by atoms with Gasteiger partial charge in [0.2, 0.25) is 5.91 Å². The number of carbonyl (C=O) groups is 1. The summed E-state index contributed by atoms with van der Waals surface area (Å²) in [5.41, 5.74) is 2.78. The van der Waals surface area contributed by atoms with E-state index < -0.39 is 0 Å². The Morgan fingerprint density at radius 1 is 1.28 bits per heavy atom. The molecule has 29 heavy (non-hydrogen) atoms. The molecule has 6 nitrogen and oxygen atoms in total. The first-order chi connectivity index (χ1) is 14.2. The summed E-state index contributed by atoms with van der Waals surface area (Å²) in [6.45, 7) is 2.76. The van der Waals surface area contributed by atoms with E-state index in [1.165, 1.54) is 16.6 Å². The van der Waals surface area contributed by atoms with Crippen molar-refractivity contribution in [2.24, 2.45) is 0 Å². The molecule has 1 aliphatic carbocycles. The molecule has 0 saturated heterocycles. The van der Waals surface area contributed by atoms with Crippen molar-refractivity contribution in [2.75, 3.05) is 11.1 Å². The van der Waals surface area contributed by atoms with Crippen LogP contribution in [0.25, 0.3) is 11.4 Å². The normalized spacial score (nSPS) is 13.0. The van der Waals surface area contributed by atoms with E-state index in [4.69, 9.17) is 0 Å². The lowest BCUT2D eigenvalue weighted by molar-refractivity contribution is -0.113. The predicted molar refractivity (Wildman–Crippen MR) is 116 cm³/mol. The molecule has 8 heteroatoms. The Hall–Kier alpha value is -2.63. The van der Waals surface area contributed by atoms with E-state index in [-0.39, 0.29) is 11.7 Å². The molecule has 2 aromatic heterocycles. The zero-order valence-corrected chi connectivity index (χ0v) is 17.8. The molecule has 0 bridgehead atoms. The SMILES string of the molecule is CCn1c(SCC(=O)Nc2sc3c(c2C#N)CCCC3)nnc1-c1ccccc1. The summed E-state index contributed by atoms with van der Waals surface area (Å²) in [7, 11) is 0. The number of amides is 1. The predicted octanol–water partition coefficient (Wildman–Crippen LogP) is 4.51. The molecule has 0 unspecified atom stereocenters. The van der Waals surface area contributed by atoms with Gasteiger partial charge in [-0.05, 0) is 38.2 Å². The lowest BCUT2D eigenvalue weighted by atomic mass is 9.96. The molecular formula is C21H21N5OS2. The summed E-state index contributed by atoms with van der Waals surface area (Å²) in [4.78, 5) is 13.8. The quantitative estimate of drug-likeness (QED) is 0.590. The maximum Gasteiger partial charge on any atom is 0.235 e. The van der Waals surface area contributed by atoms with Crippen LogP contribution in [0.1, 0.15) is 35.8 Å². The third kappa shape index (κ3) is 4.07. The smallest absolute Gasteiger partial charge is 0.235 e. The Morgan fingerprint density at radius 2 is 2.07 bits per heavy atom. The van der Waals surface area contributed by atoms with Gasteiger partial charge in [-0.2, -0.15) is 5.26 Å². The van der Waals surface area contributed by atoms with Crippen molar-refractivity contribution in [1.29, 1.82) is 5.26 Å². The lowest BCUT2D eigenvalue weighted by Crippen LogP contribution is -2.14.